The van der Waals surface area contributed by atoms with Gasteiger partial charge in [0.1, 0.15) is 18.5 Å². The first-order chi connectivity index (χ1) is 16.4. The summed E-state index contributed by atoms with van der Waals surface area (Å²) < 4.78 is 12.2. The van der Waals surface area contributed by atoms with E-state index in [9.17, 15) is 14.4 Å². The molecule has 0 unspecified atom stereocenters. The summed E-state index contributed by atoms with van der Waals surface area (Å²) in [4.78, 5) is 39.4. The molecule has 2 N–H and O–H groups in total. The third-order valence-electron chi connectivity index (χ3n) is 6.24. The molecule has 4 rings (SSSR count). The van der Waals surface area contributed by atoms with Crippen molar-refractivity contribution in [2.24, 2.45) is 0 Å². The number of likely N-dealkylation sites (N-methyl/N-ethyl adjacent to an activating group) is 1. The first-order valence-corrected chi connectivity index (χ1v) is 11.8. The number of amides is 3. The molecule has 2 aliphatic heterocycles. The maximum absolute atomic E-state index is 13.3. The highest BCUT2D eigenvalue weighted by Gasteiger charge is 2.39. The van der Waals surface area contributed by atoms with E-state index in [4.69, 9.17) is 9.47 Å². The number of ether oxygens (including phenoxy) is 2. The van der Waals surface area contributed by atoms with Crippen molar-refractivity contribution in [1.29, 1.82) is 0 Å². The van der Waals surface area contributed by atoms with Gasteiger partial charge in [0.2, 0.25) is 11.8 Å². The standard InChI is InChI=1S/C26H31N3O5/c1-3-7-24(30)28-18-10-13-22-20(14-18)26(32)29(2)21-12-11-19(34-23(21)16-33-22)15-25(31)27-17-8-5-4-6-9-17/h4-6,8-10,13-14,19,21,23H,3,7,11-12,15-16H2,1-2H3,(H,27,31)(H,28,30)/t19-,21+,23-/m0/s1. The monoisotopic (exact) mass is 465 g/mol. The molecule has 0 saturated carbocycles. The molecular weight excluding hydrogens is 434 g/mol. The van der Waals surface area contributed by atoms with Crippen LogP contribution >= 0.6 is 0 Å². The van der Waals surface area contributed by atoms with E-state index in [1.165, 1.54) is 0 Å². The summed E-state index contributed by atoms with van der Waals surface area (Å²) in [5.74, 6) is 0.0865. The summed E-state index contributed by atoms with van der Waals surface area (Å²) in [6, 6.07) is 14.3. The largest absolute Gasteiger partial charge is 0.490 e. The van der Waals surface area contributed by atoms with E-state index in [2.05, 4.69) is 10.6 Å². The van der Waals surface area contributed by atoms with Crippen LogP contribution in [0.5, 0.6) is 5.75 Å². The molecule has 0 aromatic heterocycles. The number of carbonyl (C=O) groups excluding carboxylic acids is 3. The fourth-order valence-electron chi connectivity index (χ4n) is 4.50. The lowest BCUT2D eigenvalue weighted by atomic mass is 9.94. The van der Waals surface area contributed by atoms with Gasteiger partial charge in [-0.05, 0) is 49.6 Å². The van der Waals surface area contributed by atoms with Gasteiger partial charge in [0.25, 0.3) is 5.91 Å². The molecule has 0 radical (unpaired) electrons. The number of nitrogens with zero attached hydrogens (tertiary/aromatic N) is 1. The van der Waals surface area contributed by atoms with Crippen LogP contribution in [0.3, 0.4) is 0 Å². The summed E-state index contributed by atoms with van der Waals surface area (Å²) >= 11 is 0. The topological polar surface area (TPSA) is 97.0 Å². The summed E-state index contributed by atoms with van der Waals surface area (Å²) in [5.41, 5.74) is 1.74. The van der Waals surface area contributed by atoms with E-state index in [0.29, 0.717) is 36.3 Å². The van der Waals surface area contributed by atoms with Crippen LogP contribution in [0.4, 0.5) is 11.4 Å². The quantitative estimate of drug-likeness (QED) is 0.676. The van der Waals surface area contributed by atoms with Gasteiger partial charge in [-0.1, -0.05) is 25.1 Å². The smallest absolute Gasteiger partial charge is 0.257 e. The average molecular weight is 466 g/mol. The van der Waals surface area contributed by atoms with E-state index in [1.807, 2.05) is 37.3 Å². The first-order valence-electron chi connectivity index (χ1n) is 11.8. The van der Waals surface area contributed by atoms with Crippen LogP contribution < -0.4 is 15.4 Å². The highest BCUT2D eigenvalue weighted by atomic mass is 16.5. The maximum atomic E-state index is 13.3. The highest BCUT2D eigenvalue weighted by molar-refractivity contribution is 5.99. The van der Waals surface area contributed by atoms with Crippen LogP contribution in [0.1, 0.15) is 49.4 Å². The first kappa shape index (κ1) is 23.8. The Bertz CT molecular complexity index is 1040. The van der Waals surface area contributed by atoms with Crippen molar-refractivity contribution < 1.29 is 23.9 Å². The molecule has 8 nitrogen and oxygen atoms in total. The number of nitrogens with one attached hydrogen (secondary N) is 2. The molecule has 1 fully saturated rings. The van der Waals surface area contributed by atoms with Gasteiger partial charge in [-0.2, -0.15) is 0 Å². The Hall–Kier alpha value is -3.39. The average Bonchev–Trinajstić information content (AvgIpc) is 2.82. The van der Waals surface area contributed by atoms with E-state index in [1.54, 1.807) is 30.1 Å². The molecule has 180 valence electrons. The van der Waals surface area contributed by atoms with E-state index >= 15 is 0 Å². The Labute approximate surface area is 199 Å². The van der Waals surface area contributed by atoms with E-state index in [-0.39, 0.29) is 49.0 Å². The van der Waals surface area contributed by atoms with Crippen molar-refractivity contribution >= 4 is 29.1 Å². The van der Waals surface area contributed by atoms with Gasteiger partial charge in [-0.25, -0.2) is 0 Å². The summed E-state index contributed by atoms with van der Waals surface area (Å²) in [5, 5.41) is 5.73. The minimum absolute atomic E-state index is 0.0851. The number of fused-ring (bicyclic) bond motifs is 2. The molecule has 3 atom stereocenters. The second-order valence-corrected chi connectivity index (χ2v) is 8.80. The zero-order valence-electron chi connectivity index (χ0n) is 19.6. The van der Waals surface area contributed by atoms with Crippen molar-refractivity contribution in [1.82, 2.24) is 4.90 Å². The molecule has 0 aliphatic carbocycles. The molecular formula is C26H31N3O5. The lowest BCUT2D eigenvalue weighted by Gasteiger charge is -2.42. The summed E-state index contributed by atoms with van der Waals surface area (Å²) in [7, 11) is 1.77. The maximum Gasteiger partial charge on any atom is 0.257 e. The lowest BCUT2D eigenvalue weighted by molar-refractivity contribution is -0.130. The summed E-state index contributed by atoms with van der Waals surface area (Å²) in [6.07, 6.45) is 2.21. The van der Waals surface area contributed by atoms with Crippen LogP contribution in [0.2, 0.25) is 0 Å². The Kier molecular flexibility index (Phi) is 7.47. The zero-order valence-corrected chi connectivity index (χ0v) is 19.6. The van der Waals surface area contributed by atoms with Gasteiger partial charge < -0.3 is 25.0 Å². The number of benzene rings is 2. The predicted molar refractivity (Wildman–Crippen MR) is 129 cm³/mol. The Morgan fingerprint density at radius 3 is 2.56 bits per heavy atom. The Balaban J connectivity index is 1.42. The lowest BCUT2D eigenvalue weighted by Crippen LogP contribution is -2.53. The van der Waals surface area contributed by atoms with Gasteiger partial charge >= 0.3 is 0 Å². The van der Waals surface area contributed by atoms with Gasteiger partial charge in [-0.15, -0.1) is 0 Å². The molecule has 2 heterocycles. The van der Waals surface area contributed by atoms with E-state index < -0.39 is 0 Å². The molecule has 3 amide bonds. The van der Waals surface area contributed by atoms with Gasteiger partial charge in [0.15, 0.2) is 0 Å². The van der Waals surface area contributed by atoms with Crippen LogP contribution in [-0.2, 0) is 14.3 Å². The number of rotatable bonds is 6. The zero-order chi connectivity index (χ0) is 24.1. The highest BCUT2D eigenvalue weighted by Crippen LogP contribution is 2.32. The third-order valence-corrected chi connectivity index (χ3v) is 6.24. The van der Waals surface area contributed by atoms with Crippen molar-refractivity contribution in [3.05, 3.63) is 54.1 Å². The second kappa shape index (κ2) is 10.7. The number of hydrogen-bond donors (Lipinski definition) is 2. The van der Waals surface area contributed by atoms with Gasteiger partial charge in [0.05, 0.1) is 24.1 Å². The molecule has 0 bridgehead atoms. The SMILES string of the molecule is CCCC(=O)Nc1ccc2c(c1)C(=O)N(C)[C@@H]1CC[C@@H](CC(=O)Nc3ccccc3)O[C@H]1CO2. The van der Waals surface area contributed by atoms with Gasteiger partial charge in [0, 0.05) is 24.8 Å². The van der Waals surface area contributed by atoms with Crippen molar-refractivity contribution in [2.75, 3.05) is 24.3 Å². The predicted octanol–water partition coefficient (Wildman–Crippen LogP) is 3.83. The van der Waals surface area contributed by atoms with E-state index in [0.717, 1.165) is 12.1 Å². The fraction of sp³-hybridized carbons (Fsp3) is 0.423. The van der Waals surface area contributed by atoms with Crippen LogP contribution in [0.25, 0.3) is 0 Å². The molecule has 1 saturated heterocycles. The Morgan fingerprint density at radius 1 is 1.03 bits per heavy atom. The molecule has 0 spiro atoms. The molecule has 2 aromatic carbocycles. The fourth-order valence-corrected chi connectivity index (χ4v) is 4.50. The molecule has 8 heteroatoms. The molecule has 2 aliphatic rings. The number of anilines is 2. The number of carbonyl (C=O) groups is 3. The van der Waals surface area contributed by atoms with Crippen molar-refractivity contribution in [2.45, 2.75) is 57.3 Å². The van der Waals surface area contributed by atoms with Crippen molar-refractivity contribution in [3.63, 3.8) is 0 Å². The minimum atomic E-state index is -0.339. The summed E-state index contributed by atoms with van der Waals surface area (Å²) in [6.45, 7) is 2.21. The minimum Gasteiger partial charge on any atom is -0.490 e. The van der Waals surface area contributed by atoms with Crippen molar-refractivity contribution in [3.8, 4) is 5.75 Å². The number of para-hydroxylation sites is 1. The normalized spacial score (nSPS) is 21.9. The van der Waals surface area contributed by atoms with Crippen LogP contribution in [-0.4, -0.2) is 54.5 Å². The third kappa shape index (κ3) is 5.56. The van der Waals surface area contributed by atoms with Gasteiger partial charge in [-0.3, -0.25) is 14.4 Å². The molecule has 2 aromatic rings. The Morgan fingerprint density at radius 2 is 1.79 bits per heavy atom. The van der Waals surface area contributed by atoms with Crippen LogP contribution in [0.15, 0.2) is 48.5 Å². The second-order valence-electron chi connectivity index (χ2n) is 8.80. The number of hydrogen-bond acceptors (Lipinski definition) is 5. The molecule has 34 heavy (non-hydrogen) atoms. The van der Waals surface area contributed by atoms with Crippen LogP contribution in [0, 0.1) is 0 Å².